The minimum absolute atomic E-state index is 0.426. The van der Waals surface area contributed by atoms with Crippen LogP contribution in [0, 0.1) is 24.7 Å². The molecule has 0 unspecified atom stereocenters. The van der Waals surface area contributed by atoms with Crippen LogP contribution in [0.15, 0.2) is 48.8 Å². The zero-order chi connectivity index (χ0) is 21.5. The monoisotopic (exact) mass is 428 g/mol. The van der Waals surface area contributed by atoms with Gasteiger partial charge in [-0.3, -0.25) is 0 Å². The number of aromatic nitrogens is 1. The number of rotatable bonds is 3. The molecule has 1 aromatic carbocycles. The second kappa shape index (κ2) is 7.97. The SMILES string of the molecule is CS(=O)(=O)[O-].Cc1ccc(N(C)c2cc[n+](C34CC5CC(CC(C5)C3)C4)cc2)cc1. The molecule has 6 heteroatoms. The molecule has 4 aliphatic carbocycles. The van der Waals surface area contributed by atoms with Crippen molar-refractivity contribution in [2.24, 2.45) is 17.8 Å². The molecule has 6 rings (SSSR count). The summed E-state index contributed by atoms with van der Waals surface area (Å²) in [6.07, 6.45) is 14.1. The van der Waals surface area contributed by atoms with Crippen LogP contribution in [-0.4, -0.2) is 26.3 Å². The maximum absolute atomic E-state index is 9.08. The van der Waals surface area contributed by atoms with Gasteiger partial charge >= 0.3 is 0 Å². The maximum Gasteiger partial charge on any atom is 0.171 e. The van der Waals surface area contributed by atoms with Gasteiger partial charge in [0, 0.05) is 50.4 Å². The Bertz CT molecular complexity index is 941. The summed E-state index contributed by atoms with van der Waals surface area (Å²) >= 11 is 0. The van der Waals surface area contributed by atoms with Crippen molar-refractivity contribution < 1.29 is 17.5 Å². The normalized spacial score (nSPS) is 29.3. The first-order chi connectivity index (χ1) is 14.1. The Labute approximate surface area is 180 Å². The molecule has 0 saturated heterocycles. The van der Waals surface area contributed by atoms with E-state index in [1.165, 1.54) is 55.5 Å². The smallest absolute Gasteiger partial charge is 0.171 e. The van der Waals surface area contributed by atoms with Gasteiger partial charge in [-0.25, -0.2) is 8.42 Å². The minimum atomic E-state index is -3.92. The van der Waals surface area contributed by atoms with Gasteiger partial charge in [0.1, 0.15) is 0 Å². The Kier molecular flexibility index (Phi) is 5.66. The van der Waals surface area contributed by atoms with E-state index < -0.39 is 10.1 Å². The number of aryl methyl sites for hydroxylation is 1. The summed E-state index contributed by atoms with van der Waals surface area (Å²) < 4.78 is 29.8. The Morgan fingerprint density at radius 3 is 1.73 bits per heavy atom. The number of nitrogens with zero attached hydrogens (tertiary/aromatic N) is 2. The lowest BCUT2D eigenvalue weighted by atomic mass is 9.53. The van der Waals surface area contributed by atoms with E-state index in [1.54, 1.807) is 0 Å². The summed E-state index contributed by atoms with van der Waals surface area (Å²) in [5.74, 6) is 2.98. The molecule has 5 nitrogen and oxygen atoms in total. The Balaban J connectivity index is 0.000000393. The van der Waals surface area contributed by atoms with Crippen LogP contribution < -0.4 is 9.47 Å². The van der Waals surface area contributed by atoms with Gasteiger partial charge in [0.05, 0.1) is 15.8 Å². The van der Waals surface area contributed by atoms with E-state index in [0.29, 0.717) is 11.8 Å². The third-order valence-electron chi connectivity index (χ3n) is 7.17. The van der Waals surface area contributed by atoms with E-state index in [2.05, 4.69) is 72.2 Å². The second-order valence-corrected chi connectivity index (χ2v) is 11.1. The van der Waals surface area contributed by atoms with Gasteiger partial charge in [0.2, 0.25) is 0 Å². The highest BCUT2D eigenvalue weighted by Crippen LogP contribution is 2.56. The number of pyridine rings is 1. The first-order valence-electron chi connectivity index (χ1n) is 10.8. The largest absolute Gasteiger partial charge is 0.748 e. The third-order valence-corrected chi connectivity index (χ3v) is 7.17. The first kappa shape index (κ1) is 21.3. The van der Waals surface area contributed by atoms with Crippen LogP contribution in [0.5, 0.6) is 0 Å². The van der Waals surface area contributed by atoms with Crippen molar-refractivity contribution in [2.75, 3.05) is 18.2 Å². The standard InChI is InChI=1S/C23H29N2.CH4O3S/c1-17-3-5-21(6-4-17)24(2)22-7-9-25(10-8-22)23-14-18-11-19(15-23)13-20(12-18)16-23;1-5(2,3)4/h3-10,18-20H,11-16H2,1-2H3;1H3,(H,2,3,4)/q+1;/p-1. The van der Waals surface area contributed by atoms with E-state index in [-0.39, 0.29) is 0 Å². The Morgan fingerprint density at radius 2 is 1.30 bits per heavy atom. The summed E-state index contributed by atoms with van der Waals surface area (Å²) in [4.78, 5) is 2.28. The fourth-order valence-corrected chi connectivity index (χ4v) is 6.26. The molecule has 1 heterocycles. The average Bonchev–Trinajstić information content (AvgIpc) is 2.66. The zero-order valence-corrected chi connectivity index (χ0v) is 18.9. The molecule has 0 spiro atoms. The third kappa shape index (κ3) is 4.70. The van der Waals surface area contributed by atoms with Crippen LogP contribution in [0.2, 0.25) is 0 Å². The molecule has 162 valence electrons. The van der Waals surface area contributed by atoms with Crippen molar-refractivity contribution in [3.63, 3.8) is 0 Å². The molecule has 1 aromatic heterocycles. The summed E-state index contributed by atoms with van der Waals surface area (Å²) in [6.45, 7) is 2.14. The van der Waals surface area contributed by atoms with Gasteiger partial charge < -0.3 is 9.45 Å². The molecular formula is C24H32N2O3S. The molecule has 0 atom stereocenters. The molecule has 0 N–H and O–H groups in total. The van der Waals surface area contributed by atoms with Crippen molar-refractivity contribution in [2.45, 2.75) is 51.0 Å². The van der Waals surface area contributed by atoms with E-state index in [1.807, 2.05) is 0 Å². The van der Waals surface area contributed by atoms with Gasteiger partial charge in [0.25, 0.3) is 0 Å². The molecule has 0 aliphatic heterocycles. The predicted molar refractivity (Wildman–Crippen MR) is 118 cm³/mol. The van der Waals surface area contributed by atoms with Gasteiger partial charge in [-0.1, -0.05) is 17.7 Å². The number of anilines is 2. The minimum Gasteiger partial charge on any atom is -0.748 e. The fraction of sp³-hybridized carbons (Fsp3) is 0.542. The van der Waals surface area contributed by atoms with Crippen molar-refractivity contribution >= 4 is 21.5 Å². The second-order valence-electron chi connectivity index (χ2n) is 9.70. The molecule has 0 radical (unpaired) electrons. The summed E-state index contributed by atoms with van der Waals surface area (Å²) in [6, 6.07) is 13.4. The van der Waals surface area contributed by atoms with E-state index in [4.69, 9.17) is 13.0 Å². The van der Waals surface area contributed by atoms with Crippen LogP contribution >= 0.6 is 0 Å². The van der Waals surface area contributed by atoms with Gasteiger partial charge in [-0.2, -0.15) is 4.57 Å². The van der Waals surface area contributed by atoms with Gasteiger partial charge in [0.15, 0.2) is 17.9 Å². The highest BCUT2D eigenvalue weighted by molar-refractivity contribution is 7.84. The molecule has 4 fully saturated rings. The van der Waals surface area contributed by atoms with Crippen LogP contribution in [-0.2, 0) is 15.7 Å². The molecule has 4 saturated carbocycles. The highest BCUT2D eigenvalue weighted by atomic mass is 32.2. The lowest BCUT2D eigenvalue weighted by Crippen LogP contribution is -2.64. The lowest BCUT2D eigenvalue weighted by Gasteiger charge is -2.53. The summed E-state index contributed by atoms with van der Waals surface area (Å²) in [7, 11) is -1.75. The lowest BCUT2D eigenvalue weighted by molar-refractivity contribution is -0.776. The topological polar surface area (TPSA) is 64.3 Å². The number of benzene rings is 1. The van der Waals surface area contributed by atoms with E-state index in [9.17, 15) is 0 Å². The summed E-state index contributed by atoms with van der Waals surface area (Å²) in [5.41, 5.74) is 4.25. The van der Waals surface area contributed by atoms with Crippen molar-refractivity contribution in [1.82, 2.24) is 0 Å². The molecule has 4 bridgehead atoms. The predicted octanol–water partition coefficient (Wildman–Crippen LogP) is 4.14. The van der Waals surface area contributed by atoms with Crippen molar-refractivity contribution in [3.05, 3.63) is 54.4 Å². The quantitative estimate of drug-likeness (QED) is 0.544. The molecular weight excluding hydrogens is 396 g/mol. The molecule has 0 amide bonds. The van der Waals surface area contributed by atoms with E-state index >= 15 is 0 Å². The van der Waals surface area contributed by atoms with Crippen LogP contribution in [0.1, 0.15) is 44.1 Å². The molecule has 30 heavy (non-hydrogen) atoms. The van der Waals surface area contributed by atoms with Gasteiger partial charge in [-0.05, 0) is 56.1 Å². The van der Waals surface area contributed by atoms with Crippen molar-refractivity contribution in [3.8, 4) is 0 Å². The van der Waals surface area contributed by atoms with Crippen LogP contribution in [0.25, 0.3) is 0 Å². The molecule has 4 aliphatic rings. The number of hydrogen-bond acceptors (Lipinski definition) is 4. The maximum atomic E-state index is 9.08. The Hall–Kier alpha value is -1.92. The van der Waals surface area contributed by atoms with Crippen LogP contribution in [0.4, 0.5) is 11.4 Å². The zero-order valence-electron chi connectivity index (χ0n) is 18.1. The van der Waals surface area contributed by atoms with Crippen molar-refractivity contribution in [1.29, 1.82) is 0 Å². The summed E-state index contributed by atoms with van der Waals surface area (Å²) in [5, 5.41) is 0. The van der Waals surface area contributed by atoms with E-state index in [0.717, 1.165) is 17.8 Å². The number of hydrogen-bond donors (Lipinski definition) is 0. The average molecular weight is 429 g/mol. The fourth-order valence-electron chi connectivity index (χ4n) is 6.26. The Morgan fingerprint density at radius 1 is 0.900 bits per heavy atom. The van der Waals surface area contributed by atoms with Crippen LogP contribution in [0.3, 0.4) is 0 Å². The molecule has 2 aromatic rings. The highest BCUT2D eigenvalue weighted by Gasteiger charge is 2.56. The first-order valence-corrected chi connectivity index (χ1v) is 12.7. The van der Waals surface area contributed by atoms with Gasteiger partial charge in [-0.15, -0.1) is 0 Å².